The molecular formula is C39H53NS. The zero-order chi connectivity index (χ0) is 31.0. The van der Waals surface area contributed by atoms with Gasteiger partial charge in [-0.3, -0.25) is 4.99 Å². The molecule has 0 radical (unpaired) electrons. The van der Waals surface area contributed by atoms with Gasteiger partial charge >= 0.3 is 0 Å². The van der Waals surface area contributed by atoms with Crippen molar-refractivity contribution in [3.05, 3.63) is 130 Å². The van der Waals surface area contributed by atoms with Crippen molar-refractivity contribution in [2.75, 3.05) is 7.05 Å². The second kappa shape index (κ2) is 23.4. The highest BCUT2D eigenvalue weighted by molar-refractivity contribution is 8.02. The van der Waals surface area contributed by atoms with E-state index in [1.165, 1.54) is 63.3 Å². The Morgan fingerprint density at radius 1 is 0.805 bits per heavy atom. The Morgan fingerprint density at radius 3 is 1.80 bits per heavy atom. The fraction of sp³-hybridized carbons (Fsp3) is 0.359. The number of aryl methyl sites for hydroxylation is 2. The maximum absolute atomic E-state index is 4.16. The molecule has 3 rings (SSSR count). The van der Waals surface area contributed by atoms with Crippen LogP contribution in [-0.4, -0.2) is 12.8 Å². The van der Waals surface area contributed by atoms with Gasteiger partial charge in [-0.25, -0.2) is 0 Å². The molecule has 0 aromatic heterocycles. The standard InChI is InChI=1S/C19H22.C11H14S.C7H15N.C2H2/c1-4-16-10-12-17(13-11-16)14-19(15(2)3)18-8-6-5-7-9-18;1-9(2)12-8-11-6-4-10(3)5-7-11;1-4-5-6-7(2)8-3;1-2/h5-13,19H,2,4,14H2,1,3H3;4-7H,1,8H2,2-3H3;4-6H2,1-3H3;1-2H. The molecule has 2 heteroatoms. The lowest BCUT2D eigenvalue weighted by atomic mass is 9.87. The Bertz CT molecular complexity index is 1150. The number of benzene rings is 3. The van der Waals surface area contributed by atoms with E-state index in [1.54, 1.807) is 11.8 Å². The van der Waals surface area contributed by atoms with Crippen LogP contribution in [0, 0.1) is 19.8 Å². The van der Waals surface area contributed by atoms with Gasteiger partial charge in [0.15, 0.2) is 0 Å². The lowest BCUT2D eigenvalue weighted by Crippen LogP contribution is -2.04. The van der Waals surface area contributed by atoms with Crippen LogP contribution in [0.25, 0.3) is 0 Å². The lowest BCUT2D eigenvalue weighted by molar-refractivity contribution is 0.788. The van der Waals surface area contributed by atoms with E-state index in [-0.39, 0.29) is 0 Å². The van der Waals surface area contributed by atoms with Crippen LogP contribution in [0.5, 0.6) is 0 Å². The number of nitrogens with zero attached hydrogens (tertiary/aromatic N) is 1. The molecule has 0 heterocycles. The third-order valence-corrected chi connectivity index (χ3v) is 7.52. The van der Waals surface area contributed by atoms with E-state index >= 15 is 0 Å². The van der Waals surface area contributed by atoms with E-state index in [0.717, 1.165) is 18.6 Å². The highest BCUT2D eigenvalue weighted by atomic mass is 32.2. The first-order valence-electron chi connectivity index (χ1n) is 14.6. The van der Waals surface area contributed by atoms with Crippen molar-refractivity contribution in [3.8, 4) is 12.8 Å². The van der Waals surface area contributed by atoms with Crippen LogP contribution < -0.4 is 0 Å². The summed E-state index contributed by atoms with van der Waals surface area (Å²) < 4.78 is 0. The zero-order valence-electron chi connectivity index (χ0n) is 26.7. The molecule has 220 valence electrons. The first kappa shape index (κ1) is 37.7. The number of terminal acetylenes is 1. The predicted octanol–water partition coefficient (Wildman–Crippen LogP) is 11.4. The summed E-state index contributed by atoms with van der Waals surface area (Å²) >= 11 is 1.80. The van der Waals surface area contributed by atoms with Crippen LogP contribution in [0.3, 0.4) is 0 Å². The fourth-order valence-electron chi connectivity index (χ4n) is 3.84. The second-order valence-corrected chi connectivity index (χ2v) is 11.5. The van der Waals surface area contributed by atoms with Gasteiger partial charge in [-0.05, 0) is 80.5 Å². The second-order valence-electron chi connectivity index (χ2n) is 10.2. The first-order chi connectivity index (χ1) is 19.7. The molecule has 0 aliphatic heterocycles. The summed E-state index contributed by atoms with van der Waals surface area (Å²) in [7, 11) is 1.85. The minimum absolute atomic E-state index is 0.411. The van der Waals surface area contributed by atoms with Crippen LogP contribution >= 0.6 is 11.8 Å². The van der Waals surface area contributed by atoms with Crippen LogP contribution in [0.2, 0.25) is 0 Å². The molecule has 3 aromatic carbocycles. The zero-order valence-corrected chi connectivity index (χ0v) is 27.6. The molecule has 0 spiro atoms. The minimum atomic E-state index is 0.411. The lowest BCUT2D eigenvalue weighted by Gasteiger charge is -2.18. The first-order valence-corrected chi connectivity index (χ1v) is 15.6. The summed E-state index contributed by atoms with van der Waals surface area (Å²) in [6.45, 7) is 20.7. The maximum Gasteiger partial charge on any atom is 0.0276 e. The maximum atomic E-state index is 4.16. The Balaban J connectivity index is 0.000000624. The number of hydrogen-bond acceptors (Lipinski definition) is 2. The monoisotopic (exact) mass is 567 g/mol. The molecule has 0 bridgehead atoms. The third-order valence-electron chi connectivity index (χ3n) is 6.55. The Labute approximate surface area is 257 Å². The fourth-order valence-corrected chi connectivity index (χ4v) is 4.45. The molecule has 0 saturated carbocycles. The SMILES string of the molecule is C#C.C=C(C)C(Cc1ccc(CC)cc1)c1ccccc1.C=C(C)SCc1ccc(C)cc1.CCCCC(C)=NC. The molecule has 1 atom stereocenters. The van der Waals surface area contributed by atoms with Gasteiger partial charge in [0.2, 0.25) is 0 Å². The number of thioether (sulfide) groups is 1. The van der Waals surface area contributed by atoms with E-state index in [2.05, 4.69) is 144 Å². The van der Waals surface area contributed by atoms with E-state index in [9.17, 15) is 0 Å². The molecule has 0 amide bonds. The summed E-state index contributed by atoms with van der Waals surface area (Å²) in [4.78, 5) is 5.22. The molecule has 3 aromatic rings. The average molecular weight is 568 g/mol. The Hall–Kier alpha value is -3.28. The minimum Gasteiger partial charge on any atom is -0.298 e. The molecule has 41 heavy (non-hydrogen) atoms. The summed E-state index contributed by atoms with van der Waals surface area (Å²) in [6.07, 6.45) is 13.9. The summed E-state index contributed by atoms with van der Waals surface area (Å²) in [5, 5.41) is 0. The topological polar surface area (TPSA) is 12.4 Å². The van der Waals surface area contributed by atoms with Crippen molar-refractivity contribution in [2.45, 2.75) is 85.3 Å². The average Bonchev–Trinajstić information content (AvgIpc) is 3.00. The predicted molar refractivity (Wildman–Crippen MR) is 189 cm³/mol. The normalized spacial score (nSPS) is 10.9. The van der Waals surface area contributed by atoms with Gasteiger partial charge in [0.05, 0.1) is 0 Å². The van der Waals surface area contributed by atoms with Crippen LogP contribution in [0.1, 0.15) is 87.6 Å². The van der Waals surface area contributed by atoms with Gasteiger partial charge < -0.3 is 0 Å². The molecule has 0 N–H and O–H groups in total. The molecule has 0 fully saturated rings. The molecule has 0 aliphatic rings. The number of aliphatic imine (C=N–C) groups is 1. The van der Waals surface area contributed by atoms with Crippen molar-refractivity contribution in [2.24, 2.45) is 4.99 Å². The third kappa shape index (κ3) is 17.9. The van der Waals surface area contributed by atoms with Gasteiger partial charge in [-0.15, -0.1) is 24.6 Å². The Kier molecular flexibility index (Phi) is 21.6. The molecule has 0 saturated heterocycles. The number of unbranched alkanes of at least 4 members (excludes halogenated alkanes) is 1. The van der Waals surface area contributed by atoms with Crippen molar-refractivity contribution >= 4 is 17.5 Å². The van der Waals surface area contributed by atoms with Gasteiger partial charge in [-0.1, -0.05) is 123 Å². The van der Waals surface area contributed by atoms with Crippen LogP contribution in [0.15, 0.2) is 107 Å². The van der Waals surface area contributed by atoms with Crippen molar-refractivity contribution in [1.82, 2.24) is 0 Å². The molecule has 1 nitrogen and oxygen atoms in total. The molecule has 0 aliphatic carbocycles. The quantitative estimate of drug-likeness (QED) is 0.127. The van der Waals surface area contributed by atoms with E-state index in [4.69, 9.17) is 0 Å². The van der Waals surface area contributed by atoms with Gasteiger partial charge in [0.1, 0.15) is 0 Å². The molecule has 1 unspecified atom stereocenters. The van der Waals surface area contributed by atoms with E-state index in [1.807, 2.05) is 14.0 Å². The van der Waals surface area contributed by atoms with Gasteiger partial charge in [0, 0.05) is 24.4 Å². The van der Waals surface area contributed by atoms with Crippen LogP contribution in [0.4, 0.5) is 0 Å². The largest absolute Gasteiger partial charge is 0.298 e. The highest BCUT2D eigenvalue weighted by Crippen LogP contribution is 2.27. The Morgan fingerprint density at radius 2 is 1.34 bits per heavy atom. The van der Waals surface area contributed by atoms with Crippen molar-refractivity contribution in [1.29, 1.82) is 0 Å². The summed E-state index contributed by atoms with van der Waals surface area (Å²) in [5.74, 6) is 1.45. The van der Waals surface area contributed by atoms with E-state index in [0.29, 0.717) is 5.92 Å². The number of hydrogen-bond donors (Lipinski definition) is 0. The summed E-state index contributed by atoms with van der Waals surface area (Å²) in [5.41, 5.74) is 9.32. The van der Waals surface area contributed by atoms with Crippen LogP contribution in [-0.2, 0) is 18.6 Å². The van der Waals surface area contributed by atoms with Crippen molar-refractivity contribution < 1.29 is 0 Å². The number of allylic oxidation sites excluding steroid dienone is 2. The van der Waals surface area contributed by atoms with E-state index < -0.39 is 0 Å². The van der Waals surface area contributed by atoms with Crippen molar-refractivity contribution in [3.63, 3.8) is 0 Å². The smallest absolute Gasteiger partial charge is 0.0276 e. The van der Waals surface area contributed by atoms with Gasteiger partial charge in [0.25, 0.3) is 0 Å². The molecular weight excluding hydrogens is 515 g/mol. The highest BCUT2D eigenvalue weighted by Gasteiger charge is 2.12. The number of rotatable bonds is 11. The summed E-state index contributed by atoms with van der Waals surface area (Å²) in [6, 6.07) is 28.3. The van der Waals surface area contributed by atoms with Gasteiger partial charge in [-0.2, -0.15) is 0 Å².